The molecule has 0 aliphatic rings. The lowest BCUT2D eigenvalue weighted by molar-refractivity contribution is -0.384. The van der Waals surface area contributed by atoms with Crippen molar-refractivity contribution in [1.29, 1.82) is 0 Å². The van der Waals surface area contributed by atoms with E-state index in [1.54, 1.807) is 6.92 Å². The monoisotopic (exact) mass is 285 g/mol. The van der Waals surface area contributed by atoms with Gasteiger partial charge in [-0.1, -0.05) is 0 Å². The van der Waals surface area contributed by atoms with Crippen molar-refractivity contribution in [3.05, 3.63) is 28.1 Å². The molecule has 20 heavy (non-hydrogen) atoms. The fraction of sp³-hybridized carbons (Fsp3) is 0.583. The van der Waals surface area contributed by atoms with Gasteiger partial charge in [0.1, 0.15) is 5.69 Å². The Morgan fingerprint density at radius 2 is 2.35 bits per heavy atom. The number of aliphatic hydroxyl groups excluding tert-OH is 1. The summed E-state index contributed by atoms with van der Waals surface area (Å²) in [5.74, 6) is -0.421. The fourth-order valence-electron chi connectivity index (χ4n) is 1.86. The van der Waals surface area contributed by atoms with Crippen LogP contribution in [0.1, 0.15) is 23.8 Å². The third-order valence-electron chi connectivity index (χ3n) is 2.85. The lowest BCUT2D eigenvalue weighted by Gasteiger charge is -2.17. The number of rotatable bonds is 8. The molecular weight excluding hydrogens is 266 g/mol. The van der Waals surface area contributed by atoms with E-state index < -0.39 is 10.8 Å². The van der Waals surface area contributed by atoms with Crippen LogP contribution in [0.25, 0.3) is 0 Å². The van der Waals surface area contributed by atoms with Gasteiger partial charge >= 0.3 is 0 Å². The predicted octanol–water partition coefficient (Wildman–Crippen LogP) is 0.543. The van der Waals surface area contributed by atoms with E-state index in [4.69, 9.17) is 9.84 Å². The zero-order valence-corrected chi connectivity index (χ0v) is 11.5. The van der Waals surface area contributed by atoms with E-state index in [0.29, 0.717) is 13.0 Å². The summed E-state index contributed by atoms with van der Waals surface area (Å²) in [7, 11) is 1.50. The normalized spacial score (nSPS) is 12.2. The van der Waals surface area contributed by atoms with Crippen molar-refractivity contribution in [3.8, 4) is 0 Å². The number of amides is 1. The van der Waals surface area contributed by atoms with Gasteiger partial charge in [-0.3, -0.25) is 14.9 Å². The number of nitro groups is 1. The predicted molar refractivity (Wildman–Crippen MR) is 71.6 cm³/mol. The Morgan fingerprint density at radius 1 is 1.65 bits per heavy atom. The largest absolute Gasteiger partial charge is 0.396 e. The number of aliphatic hydroxyl groups is 1. The number of carbonyl (C=O) groups is 1. The van der Waals surface area contributed by atoms with Gasteiger partial charge in [0.25, 0.3) is 11.6 Å². The summed E-state index contributed by atoms with van der Waals surface area (Å²) in [6, 6.07) is 0.901. The minimum Gasteiger partial charge on any atom is -0.396 e. The molecule has 1 unspecified atom stereocenters. The number of methoxy groups -OCH3 is 1. The minimum atomic E-state index is -0.538. The van der Waals surface area contributed by atoms with Crippen LogP contribution in [0.5, 0.6) is 0 Å². The first-order valence-electron chi connectivity index (χ1n) is 6.28. The molecule has 0 aromatic carbocycles. The van der Waals surface area contributed by atoms with Crippen LogP contribution < -0.4 is 5.32 Å². The van der Waals surface area contributed by atoms with Gasteiger partial charge in [-0.2, -0.15) is 0 Å². The number of aryl methyl sites for hydroxylation is 1. The summed E-state index contributed by atoms with van der Waals surface area (Å²) in [6.45, 7) is 2.43. The molecule has 0 aliphatic heterocycles. The van der Waals surface area contributed by atoms with E-state index in [2.05, 4.69) is 5.32 Å². The van der Waals surface area contributed by atoms with E-state index in [-0.39, 0.29) is 30.6 Å². The molecule has 1 aromatic rings. The molecule has 0 spiro atoms. The molecule has 1 heterocycles. The van der Waals surface area contributed by atoms with Crippen LogP contribution in [0.3, 0.4) is 0 Å². The van der Waals surface area contributed by atoms with Crippen molar-refractivity contribution < 1.29 is 19.6 Å². The third kappa shape index (κ3) is 4.04. The highest BCUT2D eigenvalue weighted by molar-refractivity contribution is 5.93. The third-order valence-corrected chi connectivity index (χ3v) is 2.85. The van der Waals surface area contributed by atoms with Crippen molar-refractivity contribution in [3.63, 3.8) is 0 Å². The summed E-state index contributed by atoms with van der Waals surface area (Å²) in [5, 5.41) is 22.4. The first-order chi connectivity index (χ1) is 9.53. The summed E-state index contributed by atoms with van der Waals surface area (Å²) >= 11 is 0. The highest BCUT2D eigenvalue weighted by Crippen LogP contribution is 2.16. The summed E-state index contributed by atoms with van der Waals surface area (Å²) in [4.78, 5) is 22.3. The maximum absolute atomic E-state index is 12.1. The van der Waals surface area contributed by atoms with E-state index in [0.717, 1.165) is 0 Å². The molecule has 0 bridgehead atoms. The first kappa shape index (κ1) is 16.1. The molecule has 0 fully saturated rings. The van der Waals surface area contributed by atoms with E-state index in [9.17, 15) is 14.9 Å². The number of hydrogen-bond acceptors (Lipinski definition) is 5. The molecule has 0 saturated carbocycles. The van der Waals surface area contributed by atoms with Gasteiger partial charge in [0, 0.05) is 26.3 Å². The molecule has 1 atom stereocenters. The molecule has 0 aliphatic carbocycles. The SMILES string of the molecule is CCn1cc([N+](=O)[O-])cc1C(=O)NC(CCO)COC. The summed E-state index contributed by atoms with van der Waals surface area (Å²) in [5.41, 5.74) is 0.0979. The van der Waals surface area contributed by atoms with Gasteiger partial charge in [0.05, 0.1) is 23.8 Å². The van der Waals surface area contributed by atoms with Crippen LogP contribution in [0.4, 0.5) is 5.69 Å². The molecular formula is C12H19N3O5. The highest BCUT2D eigenvalue weighted by Gasteiger charge is 2.20. The van der Waals surface area contributed by atoms with Crippen LogP contribution in [-0.2, 0) is 11.3 Å². The summed E-state index contributed by atoms with van der Waals surface area (Å²) in [6.07, 6.45) is 1.68. The zero-order chi connectivity index (χ0) is 15.1. The number of aromatic nitrogens is 1. The number of nitrogens with zero attached hydrogens (tertiary/aromatic N) is 2. The number of hydrogen-bond donors (Lipinski definition) is 2. The molecule has 0 saturated heterocycles. The molecule has 1 amide bonds. The lowest BCUT2D eigenvalue weighted by atomic mass is 10.2. The van der Waals surface area contributed by atoms with Crippen LogP contribution in [-0.4, -0.2) is 46.9 Å². The van der Waals surface area contributed by atoms with Crippen molar-refractivity contribution in [1.82, 2.24) is 9.88 Å². The van der Waals surface area contributed by atoms with Crippen LogP contribution >= 0.6 is 0 Å². The molecule has 8 nitrogen and oxygen atoms in total. The molecule has 8 heteroatoms. The maximum atomic E-state index is 12.1. The average Bonchev–Trinajstić information content (AvgIpc) is 2.83. The number of ether oxygens (including phenoxy) is 1. The van der Waals surface area contributed by atoms with Crippen LogP contribution in [0.15, 0.2) is 12.3 Å². The van der Waals surface area contributed by atoms with Gasteiger partial charge in [0.2, 0.25) is 0 Å². The second kappa shape index (κ2) is 7.61. The standard InChI is InChI=1S/C12H19N3O5/c1-3-14-7-10(15(18)19)6-11(14)12(17)13-9(4-5-16)8-20-2/h6-7,9,16H,3-5,8H2,1-2H3,(H,13,17). The average molecular weight is 285 g/mol. The first-order valence-corrected chi connectivity index (χ1v) is 6.28. The van der Waals surface area contributed by atoms with Crippen molar-refractivity contribution in [2.24, 2.45) is 0 Å². The highest BCUT2D eigenvalue weighted by atomic mass is 16.6. The van der Waals surface area contributed by atoms with Crippen molar-refractivity contribution in [2.45, 2.75) is 25.9 Å². The van der Waals surface area contributed by atoms with Gasteiger partial charge in [-0.05, 0) is 13.3 Å². The van der Waals surface area contributed by atoms with Crippen LogP contribution in [0, 0.1) is 10.1 Å². The van der Waals surface area contributed by atoms with Crippen molar-refractivity contribution >= 4 is 11.6 Å². The topological polar surface area (TPSA) is 107 Å². The minimum absolute atomic E-state index is 0.0801. The second-order valence-corrected chi connectivity index (χ2v) is 4.26. The van der Waals surface area contributed by atoms with E-state index >= 15 is 0 Å². The number of nitrogens with one attached hydrogen (secondary N) is 1. The number of carbonyl (C=O) groups excluding carboxylic acids is 1. The maximum Gasteiger partial charge on any atom is 0.287 e. The van der Waals surface area contributed by atoms with Gasteiger partial charge in [-0.15, -0.1) is 0 Å². The molecule has 112 valence electrons. The molecule has 1 aromatic heterocycles. The quantitative estimate of drug-likeness (QED) is 0.535. The van der Waals surface area contributed by atoms with Gasteiger partial charge in [-0.25, -0.2) is 0 Å². The Kier molecular flexibility index (Phi) is 6.13. The summed E-state index contributed by atoms with van der Waals surface area (Å²) < 4.78 is 6.46. The van der Waals surface area contributed by atoms with Gasteiger partial charge < -0.3 is 19.7 Å². The van der Waals surface area contributed by atoms with E-state index in [1.165, 1.54) is 23.9 Å². The Balaban J connectivity index is 2.87. The van der Waals surface area contributed by atoms with Crippen LogP contribution in [0.2, 0.25) is 0 Å². The Morgan fingerprint density at radius 3 is 2.85 bits per heavy atom. The Labute approximate surface area is 116 Å². The lowest BCUT2D eigenvalue weighted by Crippen LogP contribution is -2.39. The molecule has 2 N–H and O–H groups in total. The Bertz CT molecular complexity index is 466. The molecule has 0 radical (unpaired) electrons. The Hall–Kier alpha value is -1.93. The smallest absolute Gasteiger partial charge is 0.287 e. The zero-order valence-electron chi connectivity index (χ0n) is 11.5. The fourth-order valence-corrected chi connectivity index (χ4v) is 1.86. The van der Waals surface area contributed by atoms with Crippen molar-refractivity contribution in [2.75, 3.05) is 20.3 Å². The van der Waals surface area contributed by atoms with Gasteiger partial charge in [0.15, 0.2) is 0 Å². The van der Waals surface area contributed by atoms with E-state index in [1.807, 2.05) is 0 Å². The molecule has 1 rings (SSSR count). The second-order valence-electron chi connectivity index (χ2n) is 4.26.